The molecule has 138 valence electrons. The van der Waals surface area contributed by atoms with E-state index >= 15 is 0 Å². The Morgan fingerprint density at radius 1 is 1.16 bits per heavy atom. The van der Waals surface area contributed by atoms with Crippen molar-refractivity contribution in [3.63, 3.8) is 0 Å². The molecule has 0 bridgehead atoms. The summed E-state index contributed by atoms with van der Waals surface area (Å²) in [6.45, 7) is 5.54. The summed E-state index contributed by atoms with van der Waals surface area (Å²) in [5.74, 6) is 1.44. The molecule has 2 heterocycles. The Kier molecular flexibility index (Phi) is 8.15. The SMILES string of the molecule is Cc1nc(CN2CCN(C(=O)Cc3ccc(N)cc3)CC2)no1.Cl.Cl. The van der Waals surface area contributed by atoms with E-state index in [-0.39, 0.29) is 30.7 Å². The fourth-order valence-corrected chi connectivity index (χ4v) is 2.68. The number of amides is 1. The molecule has 1 aliphatic heterocycles. The highest BCUT2D eigenvalue weighted by Gasteiger charge is 2.22. The number of hydrogen-bond acceptors (Lipinski definition) is 6. The first kappa shape index (κ1) is 21.2. The molecule has 0 radical (unpaired) electrons. The van der Waals surface area contributed by atoms with Gasteiger partial charge in [-0.25, -0.2) is 0 Å². The van der Waals surface area contributed by atoms with Gasteiger partial charge in [0, 0.05) is 38.8 Å². The largest absolute Gasteiger partial charge is 0.399 e. The predicted molar refractivity (Wildman–Crippen MR) is 99.9 cm³/mol. The lowest BCUT2D eigenvalue weighted by atomic mass is 10.1. The van der Waals surface area contributed by atoms with E-state index in [2.05, 4.69) is 15.0 Å². The van der Waals surface area contributed by atoms with Crippen molar-refractivity contribution in [1.82, 2.24) is 19.9 Å². The minimum absolute atomic E-state index is 0. The maximum Gasteiger partial charge on any atom is 0.227 e. The average Bonchev–Trinajstić information content (AvgIpc) is 2.95. The number of carbonyl (C=O) groups is 1. The Balaban J connectivity index is 0.00000156. The van der Waals surface area contributed by atoms with E-state index < -0.39 is 0 Å². The van der Waals surface area contributed by atoms with Gasteiger partial charge in [-0.3, -0.25) is 9.69 Å². The molecule has 1 aliphatic rings. The predicted octanol–water partition coefficient (Wildman–Crippen LogP) is 1.69. The van der Waals surface area contributed by atoms with E-state index in [9.17, 15) is 4.79 Å². The molecular formula is C16H23Cl2N5O2. The van der Waals surface area contributed by atoms with Crippen molar-refractivity contribution in [1.29, 1.82) is 0 Å². The Hall–Kier alpha value is -1.83. The summed E-state index contributed by atoms with van der Waals surface area (Å²) < 4.78 is 4.98. The van der Waals surface area contributed by atoms with Crippen molar-refractivity contribution in [3.05, 3.63) is 41.5 Å². The molecule has 0 aliphatic carbocycles. The zero-order chi connectivity index (χ0) is 16.2. The van der Waals surface area contributed by atoms with Crippen molar-refractivity contribution in [2.75, 3.05) is 31.9 Å². The zero-order valence-electron chi connectivity index (χ0n) is 14.1. The third-order valence-corrected chi connectivity index (χ3v) is 3.99. The average molecular weight is 388 g/mol. The summed E-state index contributed by atoms with van der Waals surface area (Å²) >= 11 is 0. The van der Waals surface area contributed by atoms with Crippen LogP contribution in [-0.4, -0.2) is 52.0 Å². The van der Waals surface area contributed by atoms with E-state index in [0.717, 1.165) is 31.7 Å². The second-order valence-electron chi connectivity index (χ2n) is 5.80. The number of piperazine rings is 1. The molecule has 1 fully saturated rings. The second-order valence-corrected chi connectivity index (χ2v) is 5.80. The number of hydrogen-bond donors (Lipinski definition) is 1. The van der Waals surface area contributed by atoms with E-state index in [1.54, 1.807) is 6.92 Å². The third-order valence-electron chi connectivity index (χ3n) is 3.99. The van der Waals surface area contributed by atoms with Crippen LogP contribution in [0.4, 0.5) is 5.69 Å². The number of benzene rings is 1. The number of aryl methyl sites for hydroxylation is 1. The summed E-state index contributed by atoms with van der Waals surface area (Å²) in [7, 11) is 0. The van der Waals surface area contributed by atoms with Gasteiger partial charge in [-0.15, -0.1) is 24.8 Å². The number of aromatic nitrogens is 2. The summed E-state index contributed by atoms with van der Waals surface area (Å²) in [4.78, 5) is 20.7. The maximum atomic E-state index is 12.4. The number of anilines is 1. The van der Waals surface area contributed by atoms with Gasteiger partial charge < -0.3 is 15.2 Å². The van der Waals surface area contributed by atoms with Crippen LogP contribution in [0.3, 0.4) is 0 Å². The number of rotatable bonds is 4. The minimum atomic E-state index is 0. The Morgan fingerprint density at radius 2 is 1.80 bits per heavy atom. The summed E-state index contributed by atoms with van der Waals surface area (Å²) in [6.07, 6.45) is 0.421. The van der Waals surface area contributed by atoms with Crippen molar-refractivity contribution in [2.24, 2.45) is 0 Å². The number of nitrogens with zero attached hydrogens (tertiary/aromatic N) is 4. The van der Waals surface area contributed by atoms with Gasteiger partial charge in [0.1, 0.15) is 0 Å². The van der Waals surface area contributed by atoms with E-state index in [1.165, 1.54) is 0 Å². The van der Waals surface area contributed by atoms with Gasteiger partial charge in [0.05, 0.1) is 13.0 Å². The van der Waals surface area contributed by atoms with Crippen LogP contribution in [0.1, 0.15) is 17.3 Å². The fourth-order valence-electron chi connectivity index (χ4n) is 2.68. The maximum absolute atomic E-state index is 12.4. The van der Waals surface area contributed by atoms with Gasteiger partial charge in [0.15, 0.2) is 5.82 Å². The molecule has 2 aromatic rings. The van der Waals surface area contributed by atoms with Crippen LogP contribution in [0.2, 0.25) is 0 Å². The standard InChI is InChI=1S/C16H21N5O2.2ClH/c1-12-18-15(19-23-12)11-20-6-8-21(9-7-20)16(22)10-13-2-4-14(17)5-3-13;;/h2-5H,6-11,17H2,1H3;2*1H. The number of nitrogens with two attached hydrogens (primary N) is 1. The van der Waals surface area contributed by atoms with Gasteiger partial charge in [0.25, 0.3) is 0 Å². The van der Waals surface area contributed by atoms with Gasteiger partial charge in [-0.1, -0.05) is 17.3 Å². The minimum Gasteiger partial charge on any atom is -0.399 e. The smallest absolute Gasteiger partial charge is 0.227 e. The van der Waals surface area contributed by atoms with Crippen LogP contribution in [-0.2, 0) is 17.8 Å². The first-order valence-corrected chi connectivity index (χ1v) is 7.74. The summed E-state index contributed by atoms with van der Waals surface area (Å²) in [6, 6.07) is 7.46. The molecule has 1 aromatic carbocycles. The molecule has 0 saturated carbocycles. The molecule has 3 rings (SSSR count). The topological polar surface area (TPSA) is 88.5 Å². The quantitative estimate of drug-likeness (QED) is 0.802. The Bertz CT molecular complexity index is 669. The van der Waals surface area contributed by atoms with Crippen LogP contribution in [0.5, 0.6) is 0 Å². The molecule has 9 heteroatoms. The molecule has 25 heavy (non-hydrogen) atoms. The van der Waals surface area contributed by atoms with E-state index in [4.69, 9.17) is 10.3 Å². The normalized spacial score (nSPS) is 14.5. The third kappa shape index (κ3) is 5.88. The van der Waals surface area contributed by atoms with Crippen molar-refractivity contribution < 1.29 is 9.32 Å². The van der Waals surface area contributed by atoms with Gasteiger partial charge >= 0.3 is 0 Å². The lowest BCUT2D eigenvalue weighted by Crippen LogP contribution is -2.48. The lowest BCUT2D eigenvalue weighted by Gasteiger charge is -2.34. The van der Waals surface area contributed by atoms with Gasteiger partial charge in [0.2, 0.25) is 11.8 Å². The number of halogens is 2. The molecule has 0 spiro atoms. The molecule has 0 atom stereocenters. The molecule has 0 unspecified atom stereocenters. The van der Waals surface area contributed by atoms with Crippen LogP contribution < -0.4 is 5.73 Å². The second kappa shape index (κ2) is 9.60. The zero-order valence-corrected chi connectivity index (χ0v) is 15.7. The first-order chi connectivity index (χ1) is 11.1. The van der Waals surface area contributed by atoms with Gasteiger partial charge in [-0.2, -0.15) is 4.98 Å². The van der Waals surface area contributed by atoms with Crippen molar-refractivity contribution in [3.8, 4) is 0 Å². The molecule has 1 aromatic heterocycles. The highest BCUT2D eigenvalue weighted by Crippen LogP contribution is 2.11. The van der Waals surface area contributed by atoms with Crippen LogP contribution in [0, 0.1) is 6.92 Å². The van der Waals surface area contributed by atoms with Crippen LogP contribution in [0.15, 0.2) is 28.8 Å². The molecule has 7 nitrogen and oxygen atoms in total. The first-order valence-electron chi connectivity index (χ1n) is 7.74. The Labute approximate surface area is 159 Å². The highest BCUT2D eigenvalue weighted by molar-refractivity contribution is 5.85. The fraction of sp³-hybridized carbons (Fsp3) is 0.438. The van der Waals surface area contributed by atoms with Gasteiger partial charge in [-0.05, 0) is 17.7 Å². The summed E-state index contributed by atoms with van der Waals surface area (Å²) in [5, 5.41) is 3.91. The molecule has 1 saturated heterocycles. The van der Waals surface area contributed by atoms with Crippen LogP contribution in [0.25, 0.3) is 0 Å². The van der Waals surface area contributed by atoms with E-state index in [0.29, 0.717) is 30.4 Å². The lowest BCUT2D eigenvalue weighted by molar-refractivity contribution is -0.132. The molecule has 1 amide bonds. The number of carbonyl (C=O) groups excluding carboxylic acids is 1. The Morgan fingerprint density at radius 3 is 2.36 bits per heavy atom. The van der Waals surface area contributed by atoms with Crippen molar-refractivity contribution >= 4 is 36.4 Å². The molecule has 2 N–H and O–H groups in total. The van der Waals surface area contributed by atoms with E-state index in [1.807, 2.05) is 29.2 Å². The monoisotopic (exact) mass is 387 g/mol. The van der Waals surface area contributed by atoms with Crippen LogP contribution >= 0.6 is 24.8 Å². The molecular weight excluding hydrogens is 365 g/mol. The van der Waals surface area contributed by atoms with Crippen molar-refractivity contribution in [2.45, 2.75) is 19.9 Å². The highest BCUT2D eigenvalue weighted by atomic mass is 35.5. The summed E-state index contributed by atoms with van der Waals surface area (Å²) in [5.41, 5.74) is 7.37. The number of nitrogen functional groups attached to an aromatic ring is 1.